The molecule has 2 aliphatic rings. The fourth-order valence-corrected chi connectivity index (χ4v) is 4.00. The van der Waals surface area contributed by atoms with Crippen molar-refractivity contribution in [2.24, 2.45) is 13.0 Å². The molecule has 0 bridgehead atoms. The van der Waals surface area contributed by atoms with E-state index in [2.05, 4.69) is 4.98 Å². The summed E-state index contributed by atoms with van der Waals surface area (Å²) < 4.78 is 7.68. The van der Waals surface area contributed by atoms with E-state index in [4.69, 9.17) is 4.74 Å². The average Bonchev–Trinajstić information content (AvgIpc) is 3.23. The van der Waals surface area contributed by atoms with Gasteiger partial charge in [0.25, 0.3) is 0 Å². The minimum absolute atomic E-state index is 0.00589. The third-order valence-corrected chi connectivity index (χ3v) is 5.35. The van der Waals surface area contributed by atoms with Gasteiger partial charge in [0.05, 0.1) is 12.0 Å². The zero-order valence-electron chi connectivity index (χ0n) is 14.8. The quantitative estimate of drug-likeness (QED) is 0.762. The van der Waals surface area contributed by atoms with Crippen LogP contribution in [0.3, 0.4) is 0 Å². The molecule has 0 aromatic carbocycles. The van der Waals surface area contributed by atoms with E-state index in [9.17, 15) is 14.7 Å². The molecule has 25 heavy (non-hydrogen) atoms. The van der Waals surface area contributed by atoms with E-state index in [0.29, 0.717) is 31.5 Å². The number of nitrogens with zero attached hydrogens (tertiary/aromatic N) is 3. The van der Waals surface area contributed by atoms with Crippen LogP contribution in [0.15, 0.2) is 12.4 Å². The highest BCUT2D eigenvalue weighted by Gasteiger charge is 2.42. The van der Waals surface area contributed by atoms with Crippen LogP contribution in [0, 0.1) is 5.92 Å². The molecule has 7 nitrogen and oxygen atoms in total. The minimum Gasteiger partial charge on any atom is -0.481 e. The second-order valence-corrected chi connectivity index (χ2v) is 7.04. The summed E-state index contributed by atoms with van der Waals surface area (Å²) in [5.74, 6) is -0.842. The monoisotopic (exact) mass is 349 g/mol. The van der Waals surface area contributed by atoms with Gasteiger partial charge in [-0.1, -0.05) is 12.8 Å². The number of aromatic nitrogens is 2. The van der Waals surface area contributed by atoms with Gasteiger partial charge < -0.3 is 19.3 Å². The van der Waals surface area contributed by atoms with Crippen LogP contribution in [0.25, 0.3) is 0 Å². The summed E-state index contributed by atoms with van der Waals surface area (Å²) in [5.41, 5.74) is 0. The van der Waals surface area contributed by atoms with Crippen molar-refractivity contribution in [1.82, 2.24) is 14.5 Å². The number of hydrogen-bond acceptors (Lipinski definition) is 4. The first-order valence-electron chi connectivity index (χ1n) is 9.19. The molecule has 1 saturated carbocycles. The summed E-state index contributed by atoms with van der Waals surface area (Å²) in [6.45, 7) is 1.12. The standard InChI is InChI=1S/C18H27N3O4/c1-20-11-9-19-17(20)16-14(18(23)24)7-8-15(22)21(16)10-4-12-25-13-5-2-3-6-13/h9,11,13-14,16H,2-8,10,12H2,1H3,(H,23,24). The summed E-state index contributed by atoms with van der Waals surface area (Å²) in [6.07, 6.45) is 9.86. The van der Waals surface area contributed by atoms with Crippen LogP contribution in [-0.2, 0) is 21.4 Å². The molecule has 0 radical (unpaired) electrons. The van der Waals surface area contributed by atoms with Crippen molar-refractivity contribution >= 4 is 11.9 Å². The lowest BCUT2D eigenvalue weighted by atomic mass is 9.88. The van der Waals surface area contributed by atoms with E-state index < -0.39 is 17.9 Å². The molecule has 1 N–H and O–H groups in total. The van der Waals surface area contributed by atoms with Crippen molar-refractivity contribution in [2.45, 2.75) is 57.1 Å². The molecule has 1 aliphatic heterocycles. The number of amides is 1. The number of likely N-dealkylation sites (tertiary alicyclic amines) is 1. The van der Waals surface area contributed by atoms with E-state index in [1.54, 1.807) is 21.9 Å². The maximum atomic E-state index is 12.5. The smallest absolute Gasteiger partial charge is 0.309 e. The van der Waals surface area contributed by atoms with Gasteiger partial charge in [0.1, 0.15) is 11.9 Å². The van der Waals surface area contributed by atoms with Crippen molar-refractivity contribution < 1.29 is 19.4 Å². The number of aliphatic carboxylic acids is 1. The first kappa shape index (κ1) is 17.9. The summed E-state index contributed by atoms with van der Waals surface area (Å²) in [4.78, 5) is 30.2. The maximum Gasteiger partial charge on any atom is 0.309 e. The highest BCUT2D eigenvalue weighted by atomic mass is 16.5. The van der Waals surface area contributed by atoms with E-state index in [1.165, 1.54) is 12.8 Å². The van der Waals surface area contributed by atoms with Crippen LogP contribution in [0.5, 0.6) is 0 Å². The lowest BCUT2D eigenvalue weighted by Crippen LogP contribution is -2.46. The molecule has 2 heterocycles. The van der Waals surface area contributed by atoms with Crippen molar-refractivity contribution in [3.8, 4) is 0 Å². The highest BCUT2D eigenvalue weighted by molar-refractivity contribution is 5.81. The number of carboxylic acids is 1. The van der Waals surface area contributed by atoms with Crippen molar-refractivity contribution in [3.63, 3.8) is 0 Å². The summed E-state index contributed by atoms with van der Waals surface area (Å²) in [5, 5.41) is 9.62. The second-order valence-electron chi connectivity index (χ2n) is 7.04. The number of rotatable bonds is 7. The molecule has 2 fully saturated rings. The van der Waals surface area contributed by atoms with Gasteiger partial charge in [0.2, 0.25) is 5.91 Å². The van der Waals surface area contributed by atoms with E-state index in [0.717, 1.165) is 19.3 Å². The van der Waals surface area contributed by atoms with Gasteiger partial charge in [0.15, 0.2) is 0 Å². The lowest BCUT2D eigenvalue weighted by Gasteiger charge is -2.39. The summed E-state index contributed by atoms with van der Waals surface area (Å²) >= 11 is 0. The minimum atomic E-state index is -0.868. The van der Waals surface area contributed by atoms with E-state index in [-0.39, 0.29) is 12.3 Å². The summed E-state index contributed by atoms with van der Waals surface area (Å²) in [6, 6.07) is -0.509. The Morgan fingerprint density at radius 1 is 1.36 bits per heavy atom. The molecule has 7 heteroatoms. The van der Waals surface area contributed by atoms with Crippen LogP contribution >= 0.6 is 0 Å². The molecular formula is C18H27N3O4. The van der Waals surface area contributed by atoms with Crippen LogP contribution < -0.4 is 0 Å². The van der Waals surface area contributed by atoms with Gasteiger partial charge in [-0.05, 0) is 25.7 Å². The van der Waals surface area contributed by atoms with Gasteiger partial charge in [0, 0.05) is 39.0 Å². The van der Waals surface area contributed by atoms with Gasteiger partial charge >= 0.3 is 5.97 Å². The number of imidazole rings is 1. The molecule has 1 saturated heterocycles. The van der Waals surface area contributed by atoms with E-state index in [1.807, 2.05) is 7.05 Å². The average molecular weight is 349 g/mol. The molecule has 2 atom stereocenters. The molecule has 0 spiro atoms. The Labute approximate surface area is 148 Å². The Balaban J connectivity index is 1.67. The van der Waals surface area contributed by atoms with Gasteiger partial charge in [-0.25, -0.2) is 4.98 Å². The van der Waals surface area contributed by atoms with Crippen LogP contribution in [0.4, 0.5) is 0 Å². The number of carbonyl (C=O) groups is 2. The van der Waals surface area contributed by atoms with Crippen molar-refractivity contribution in [2.75, 3.05) is 13.2 Å². The molecule has 1 aliphatic carbocycles. The molecule has 3 rings (SSSR count). The molecule has 1 aromatic heterocycles. The van der Waals surface area contributed by atoms with Gasteiger partial charge in [-0.15, -0.1) is 0 Å². The third kappa shape index (κ3) is 4.03. The number of ether oxygens (including phenoxy) is 1. The predicted molar refractivity (Wildman–Crippen MR) is 90.8 cm³/mol. The number of carboxylic acid groups (broad SMARTS) is 1. The number of carbonyl (C=O) groups excluding carboxylic acids is 1. The number of piperidine rings is 1. The Morgan fingerprint density at radius 2 is 2.12 bits per heavy atom. The summed E-state index contributed by atoms with van der Waals surface area (Å²) in [7, 11) is 1.84. The van der Waals surface area contributed by atoms with Crippen LogP contribution in [0.1, 0.15) is 56.8 Å². The van der Waals surface area contributed by atoms with Gasteiger partial charge in [-0.3, -0.25) is 9.59 Å². The zero-order chi connectivity index (χ0) is 17.8. The highest BCUT2D eigenvalue weighted by Crippen LogP contribution is 2.36. The fourth-order valence-electron chi connectivity index (χ4n) is 4.00. The number of hydrogen-bond donors (Lipinski definition) is 1. The first-order chi connectivity index (χ1) is 12.1. The predicted octanol–water partition coefficient (Wildman–Crippen LogP) is 2.13. The molecule has 138 valence electrons. The molecule has 1 amide bonds. The van der Waals surface area contributed by atoms with Gasteiger partial charge in [-0.2, -0.15) is 0 Å². The largest absolute Gasteiger partial charge is 0.481 e. The lowest BCUT2D eigenvalue weighted by molar-refractivity contribution is -0.152. The molecule has 1 aromatic rings. The second kappa shape index (κ2) is 7.99. The van der Waals surface area contributed by atoms with Crippen LogP contribution in [0.2, 0.25) is 0 Å². The van der Waals surface area contributed by atoms with Crippen molar-refractivity contribution in [1.29, 1.82) is 0 Å². The van der Waals surface area contributed by atoms with Crippen molar-refractivity contribution in [3.05, 3.63) is 18.2 Å². The maximum absolute atomic E-state index is 12.5. The fraction of sp³-hybridized carbons (Fsp3) is 0.722. The Bertz CT molecular complexity index is 609. The Hall–Kier alpha value is -1.89. The van der Waals surface area contributed by atoms with Crippen LogP contribution in [-0.4, -0.2) is 50.7 Å². The SMILES string of the molecule is Cn1ccnc1C1C(C(=O)O)CCC(=O)N1CCCOC1CCCC1. The Morgan fingerprint density at radius 3 is 2.76 bits per heavy atom. The third-order valence-electron chi connectivity index (χ3n) is 5.35. The zero-order valence-corrected chi connectivity index (χ0v) is 14.8. The first-order valence-corrected chi connectivity index (χ1v) is 9.19. The van der Waals surface area contributed by atoms with E-state index >= 15 is 0 Å². The topological polar surface area (TPSA) is 84.7 Å². The molecular weight excluding hydrogens is 322 g/mol. The Kier molecular flexibility index (Phi) is 5.73. The normalized spacial score (nSPS) is 24.8. The number of aryl methyl sites for hydroxylation is 1. The molecule has 2 unspecified atom stereocenters.